The maximum absolute atomic E-state index is 12.1. The van der Waals surface area contributed by atoms with Crippen molar-refractivity contribution in [3.8, 4) is 0 Å². The molecule has 0 saturated carbocycles. The molecule has 0 atom stereocenters. The zero-order chi connectivity index (χ0) is 17.9. The van der Waals surface area contributed by atoms with E-state index < -0.39 is 15.7 Å². The summed E-state index contributed by atoms with van der Waals surface area (Å²) in [5.74, 6) is -1.05. The normalized spacial score (nSPS) is 14.5. The van der Waals surface area contributed by atoms with Gasteiger partial charge in [-0.05, 0) is 31.0 Å². The van der Waals surface area contributed by atoms with Gasteiger partial charge in [0.25, 0.3) is 5.91 Å². The van der Waals surface area contributed by atoms with Crippen molar-refractivity contribution < 1.29 is 13.2 Å². The van der Waals surface area contributed by atoms with Gasteiger partial charge in [-0.3, -0.25) is 9.79 Å². The highest BCUT2D eigenvalue weighted by atomic mass is 32.2. The molecule has 0 aromatic heterocycles. The summed E-state index contributed by atoms with van der Waals surface area (Å²) in [6.45, 7) is 3.19. The van der Waals surface area contributed by atoms with Crippen LogP contribution in [0.15, 0.2) is 31.9 Å². The molecule has 8 nitrogen and oxygen atoms in total. The lowest BCUT2D eigenvalue weighted by atomic mass is 10.1. The quantitative estimate of drug-likeness (QED) is 0.512. The lowest BCUT2D eigenvalue weighted by Crippen LogP contribution is -2.27. The minimum Gasteiger partial charge on any atom is -0.370 e. The molecule has 5 N–H and O–H groups in total. The molecule has 24 heavy (non-hydrogen) atoms. The van der Waals surface area contributed by atoms with Gasteiger partial charge >= 0.3 is 0 Å². The standard InChI is InChI=1S/C14H19N5O3S2/c1-8-6-10(23-14-17-4-3-5-18-14)11(24(2,21)22)7-9(8)12(20)19-13(15)16/h6-7H,3-5H2,1-2H3,(H,17,18)(H4,15,16,19,20). The Morgan fingerprint density at radius 2 is 2.08 bits per heavy atom. The van der Waals surface area contributed by atoms with Crippen LogP contribution in [-0.4, -0.2) is 44.8 Å². The van der Waals surface area contributed by atoms with Gasteiger partial charge in [0, 0.05) is 29.8 Å². The Bertz CT molecular complexity index is 827. The predicted octanol–water partition coefficient (Wildman–Crippen LogP) is 0.254. The number of amidine groups is 1. The van der Waals surface area contributed by atoms with Crippen LogP contribution < -0.4 is 16.8 Å². The van der Waals surface area contributed by atoms with Crippen LogP contribution in [-0.2, 0) is 9.84 Å². The SMILES string of the molecule is Cc1cc(SC2=NCCCN2)c(S(C)(=O)=O)cc1C(=O)N=C(N)N. The van der Waals surface area contributed by atoms with Gasteiger partial charge in [-0.15, -0.1) is 0 Å². The number of carbonyl (C=O) groups is 1. The van der Waals surface area contributed by atoms with Crippen molar-refractivity contribution in [2.75, 3.05) is 19.3 Å². The fourth-order valence-electron chi connectivity index (χ4n) is 2.12. The van der Waals surface area contributed by atoms with E-state index in [9.17, 15) is 13.2 Å². The number of aryl methyl sites for hydroxylation is 1. The molecular formula is C14H19N5O3S2. The number of nitrogens with one attached hydrogen (secondary N) is 1. The van der Waals surface area contributed by atoms with E-state index in [0.717, 1.165) is 19.2 Å². The van der Waals surface area contributed by atoms with Gasteiger partial charge in [-0.25, -0.2) is 8.42 Å². The molecular weight excluding hydrogens is 350 g/mol. The second-order valence-electron chi connectivity index (χ2n) is 5.30. The van der Waals surface area contributed by atoms with Crippen LogP contribution >= 0.6 is 11.8 Å². The monoisotopic (exact) mass is 369 g/mol. The number of guanidine groups is 1. The van der Waals surface area contributed by atoms with Crippen molar-refractivity contribution in [1.29, 1.82) is 0 Å². The molecule has 0 bridgehead atoms. The van der Waals surface area contributed by atoms with E-state index in [2.05, 4.69) is 15.3 Å². The Balaban J connectivity index is 2.52. The highest BCUT2D eigenvalue weighted by Gasteiger charge is 2.21. The number of nitrogens with two attached hydrogens (primary N) is 2. The van der Waals surface area contributed by atoms with Crippen molar-refractivity contribution in [2.24, 2.45) is 21.5 Å². The zero-order valence-electron chi connectivity index (χ0n) is 13.4. The third kappa shape index (κ3) is 4.48. The number of sulfone groups is 1. The van der Waals surface area contributed by atoms with Crippen LogP contribution in [0, 0.1) is 6.92 Å². The number of amides is 1. The summed E-state index contributed by atoms with van der Waals surface area (Å²) in [5.41, 5.74) is 11.2. The first-order valence-corrected chi connectivity index (χ1v) is 9.84. The number of benzene rings is 1. The molecule has 1 aliphatic rings. The van der Waals surface area contributed by atoms with E-state index in [0.29, 0.717) is 22.2 Å². The second kappa shape index (κ2) is 7.22. The Morgan fingerprint density at radius 3 is 2.62 bits per heavy atom. The summed E-state index contributed by atoms with van der Waals surface area (Å²) >= 11 is 1.23. The molecule has 1 aromatic carbocycles. The van der Waals surface area contributed by atoms with Crippen LogP contribution in [0.1, 0.15) is 22.3 Å². The molecule has 0 radical (unpaired) electrons. The summed E-state index contributed by atoms with van der Waals surface area (Å²) < 4.78 is 24.3. The molecule has 2 rings (SSSR count). The third-order valence-electron chi connectivity index (χ3n) is 3.22. The van der Waals surface area contributed by atoms with Gasteiger partial charge < -0.3 is 16.8 Å². The molecule has 130 valence electrons. The minimum absolute atomic E-state index is 0.0438. The minimum atomic E-state index is -3.55. The number of rotatable bonds is 3. The Hall–Kier alpha value is -2.07. The van der Waals surface area contributed by atoms with E-state index in [-0.39, 0.29) is 16.4 Å². The van der Waals surface area contributed by atoms with E-state index in [1.165, 1.54) is 17.8 Å². The summed E-state index contributed by atoms with van der Waals surface area (Å²) in [7, 11) is -3.55. The summed E-state index contributed by atoms with van der Waals surface area (Å²) in [4.78, 5) is 20.4. The largest absolute Gasteiger partial charge is 0.370 e. The molecule has 0 spiro atoms. The maximum Gasteiger partial charge on any atom is 0.280 e. The van der Waals surface area contributed by atoms with Crippen LogP contribution in [0.2, 0.25) is 0 Å². The molecule has 1 amide bonds. The Kier molecular flexibility index (Phi) is 5.50. The van der Waals surface area contributed by atoms with Crippen LogP contribution in [0.5, 0.6) is 0 Å². The van der Waals surface area contributed by atoms with Crippen LogP contribution in [0.4, 0.5) is 0 Å². The summed E-state index contributed by atoms with van der Waals surface area (Å²) in [6.07, 6.45) is 2.03. The molecule has 0 aliphatic carbocycles. The van der Waals surface area contributed by atoms with Crippen molar-refractivity contribution >= 4 is 38.6 Å². The molecule has 1 aromatic rings. The number of hydrogen-bond acceptors (Lipinski definition) is 6. The van der Waals surface area contributed by atoms with Gasteiger partial charge in [-0.2, -0.15) is 4.99 Å². The number of carbonyl (C=O) groups excluding carboxylic acids is 1. The highest BCUT2D eigenvalue weighted by molar-refractivity contribution is 8.14. The van der Waals surface area contributed by atoms with Gasteiger partial charge in [0.2, 0.25) is 0 Å². The second-order valence-corrected chi connectivity index (χ2v) is 8.31. The van der Waals surface area contributed by atoms with Gasteiger partial charge in [-0.1, -0.05) is 11.8 Å². The number of thioether (sulfide) groups is 1. The third-order valence-corrected chi connectivity index (χ3v) is 5.51. The molecule has 0 fully saturated rings. The number of nitrogens with zero attached hydrogens (tertiary/aromatic N) is 2. The molecule has 10 heteroatoms. The number of aliphatic imine (C=N–C) groups is 2. The van der Waals surface area contributed by atoms with E-state index in [1.54, 1.807) is 13.0 Å². The van der Waals surface area contributed by atoms with Crippen molar-refractivity contribution in [3.63, 3.8) is 0 Å². The molecule has 1 aliphatic heterocycles. The average Bonchev–Trinajstić information content (AvgIpc) is 2.46. The Labute approximate surface area is 144 Å². The van der Waals surface area contributed by atoms with Gasteiger partial charge in [0.1, 0.15) is 0 Å². The van der Waals surface area contributed by atoms with E-state index >= 15 is 0 Å². The maximum atomic E-state index is 12.1. The first-order chi connectivity index (χ1) is 11.2. The van der Waals surface area contributed by atoms with Gasteiger partial charge in [0.15, 0.2) is 21.0 Å². The lowest BCUT2D eigenvalue weighted by Gasteiger charge is -2.16. The highest BCUT2D eigenvalue weighted by Crippen LogP contribution is 2.31. The summed E-state index contributed by atoms with van der Waals surface area (Å²) in [6, 6.07) is 2.94. The summed E-state index contributed by atoms with van der Waals surface area (Å²) in [5, 5.41) is 3.79. The van der Waals surface area contributed by atoms with Crippen molar-refractivity contribution in [1.82, 2.24) is 5.32 Å². The van der Waals surface area contributed by atoms with Crippen LogP contribution in [0.3, 0.4) is 0 Å². The average molecular weight is 369 g/mol. The lowest BCUT2D eigenvalue weighted by molar-refractivity contribution is 0.100. The van der Waals surface area contributed by atoms with Crippen LogP contribution in [0.25, 0.3) is 0 Å². The fourth-order valence-corrected chi connectivity index (χ4v) is 4.39. The van der Waals surface area contributed by atoms with Gasteiger partial charge in [0.05, 0.1) is 4.90 Å². The first kappa shape index (κ1) is 18.3. The van der Waals surface area contributed by atoms with Crippen molar-refractivity contribution in [3.05, 3.63) is 23.3 Å². The smallest absolute Gasteiger partial charge is 0.280 e. The fraction of sp³-hybridized carbons (Fsp3) is 0.357. The molecule has 0 saturated heterocycles. The first-order valence-electron chi connectivity index (χ1n) is 7.13. The molecule has 0 unspecified atom stereocenters. The number of hydrogen-bond donors (Lipinski definition) is 3. The predicted molar refractivity (Wildman–Crippen MR) is 95.2 cm³/mol. The zero-order valence-corrected chi connectivity index (χ0v) is 15.0. The van der Waals surface area contributed by atoms with E-state index in [4.69, 9.17) is 11.5 Å². The Morgan fingerprint density at radius 1 is 1.38 bits per heavy atom. The topological polar surface area (TPSA) is 140 Å². The molecule has 1 heterocycles. The van der Waals surface area contributed by atoms with Crippen molar-refractivity contribution in [2.45, 2.75) is 23.1 Å². The van der Waals surface area contributed by atoms with E-state index in [1.807, 2.05) is 0 Å².